The van der Waals surface area contributed by atoms with Crippen molar-refractivity contribution in [2.75, 3.05) is 24.7 Å². The highest BCUT2D eigenvalue weighted by Gasteiger charge is 2.24. The number of imidazole rings is 1. The maximum atomic E-state index is 13.0. The molecule has 3 heterocycles. The number of ketones is 1. The van der Waals surface area contributed by atoms with Gasteiger partial charge in [0.2, 0.25) is 11.9 Å². The first-order valence-corrected chi connectivity index (χ1v) is 8.46. The lowest BCUT2D eigenvalue weighted by molar-refractivity contribution is 0.0951. The molecule has 3 aromatic heterocycles. The number of Topliss-reactive ketones (excluding diaryl/α,β-unsaturated/α-hetero) is 1. The fourth-order valence-electron chi connectivity index (χ4n) is 2.93. The van der Waals surface area contributed by atoms with Gasteiger partial charge in [0.15, 0.2) is 17.2 Å². The van der Waals surface area contributed by atoms with E-state index in [-0.39, 0.29) is 36.5 Å². The minimum Gasteiger partial charge on any atom is -0.490 e. The zero-order valence-electron chi connectivity index (χ0n) is 15.1. The number of ether oxygens (including phenoxy) is 1. The van der Waals surface area contributed by atoms with E-state index in [1.165, 1.54) is 0 Å². The molecule has 0 aliphatic carbocycles. The van der Waals surface area contributed by atoms with Gasteiger partial charge in [-0.15, -0.1) is 0 Å². The number of anilines is 2. The number of aromatic nitrogens is 5. The van der Waals surface area contributed by atoms with Gasteiger partial charge in [-0.1, -0.05) is 0 Å². The number of pyridine rings is 1. The smallest absolute Gasteiger partial charge is 0.225 e. The standard InChI is InChI=1S/C17H21N7O3/c1-3-27-12-5-4-6-24-13(9(2)20-15(12)24)11(26)7-10(8-25)14-21-16(18)23-17(19)22-14/h4-6,10,25H,3,7-8H2,1-2H3,(H4,18,19,21,22,23). The Kier molecular flexibility index (Phi) is 5.17. The van der Waals surface area contributed by atoms with E-state index >= 15 is 0 Å². The van der Waals surface area contributed by atoms with Crippen molar-refractivity contribution in [3.8, 4) is 5.75 Å². The van der Waals surface area contributed by atoms with Crippen molar-refractivity contribution in [3.05, 3.63) is 35.5 Å². The zero-order chi connectivity index (χ0) is 19.6. The predicted octanol–water partition coefficient (Wildman–Crippen LogP) is 0.740. The topological polar surface area (TPSA) is 155 Å². The summed E-state index contributed by atoms with van der Waals surface area (Å²) >= 11 is 0. The monoisotopic (exact) mass is 371 g/mol. The molecule has 27 heavy (non-hydrogen) atoms. The van der Waals surface area contributed by atoms with Crippen LogP contribution in [0.5, 0.6) is 5.75 Å². The highest BCUT2D eigenvalue weighted by atomic mass is 16.5. The van der Waals surface area contributed by atoms with Crippen molar-refractivity contribution in [2.24, 2.45) is 0 Å². The number of aliphatic hydroxyl groups is 1. The summed E-state index contributed by atoms with van der Waals surface area (Å²) in [5.41, 5.74) is 12.7. The van der Waals surface area contributed by atoms with Crippen LogP contribution in [-0.4, -0.2) is 48.4 Å². The van der Waals surface area contributed by atoms with Crippen LogP contribution in [0.1, 0.15) is 41.3 Å². The third-order valence-electron chi connectivity index (χ3n) is 4.06. The molecular formula is C17H21N7O3. The molecule has 10 nitrogen and oxygen atoms in total. The number of nitrogen functional groups attached to an aromatic ring is 2. The Morgan fingerprint density at radius 3 is 2.59 bits per heavy atom. The molecule has 0 aromatic carbocycles. The van der Waals surface area contributed by atoms with E-state index in [0.717, 1.165) is 0 Å². The minimum absolute atomic E-state index is 0.0348. The number of aliphatic hydroxyl groups excluding tert-OH is 1. The highest BCUT2D eigenvalue weighted by molar-refractivity contribution is 5.97. The fourth-order valence-corrected chi connectivity index (χ4v) is 2.93. The van der Waals surface area contributed by atoms with Gasteiger partial charge < -0.3 is 21.3 Å². The van der Waals surface area contributed by atoms with Crippen LogP contribution >= 0.6 is 0 Å². The normalized spacial score (nSPS) is 12.3. The molecule has 1 unspecified atom stereocenters. The van der Waals surface area contributed by atoms with Gasteiger partial charge in [0.25, 0.3) is 0 Å². The van der Waals surface area contributed by atoms with Crippen LogP contribution in [-0.2, 0) is 0 Å². The summed E-state index contributed by atoms with van der Waals surface area (Å²) in [5.74, 6) is -0.224. The molecule has 142 valence electrons. The maximum absolute atomic E-state index is 13.0. The molecule has 0 saturated heterocycles. The number of fused-ring (bicyclic) bond motifs is 1. The molecule has 0 fully saturated rings. The van der Waals surface area contributed by atoms with E-state index < -0.39 is 5.92 Å². The lowest BCUT2D eigenvalue weighted by Gasteiger charge is -2.13. The van der Waals surface area contributed by atoms with Gasteiger partial charge in [-0.2, -0.15) is 15.0 Å². The van der Waals surface area contributed by atoms with E-state index in [1.807, 2.05) is 6.92 Å². The van der Waals surface area contributed by atoms with Crippen molar-refractivity contribution < 1.29 is 14.6 Å². The first kappa shape index (κ1) is 18.5. The number of hydrogen-bond donors (Lipinski definition) is 3. The highest BCUT2D eigenvalue weighted by Crippen LogP contribution is 2.25. The van der Waals surface area contributed by atoms with Crippen LogP contribution in [0, 0.1) is 6.92 Å². The maximum Gasteiger partial charge on any atom is 0.225 e. The lowest BCUT2D eigenvalue weighted by Crippen LogP contribution is -2.18. The van der Waals surface area contributed by atoms with Crippen LogP contribution in [0.25, 0.3) is 5.65 Å². The van der Waals surface area contributed by atoms with Gasteiger partial charge in [-0.05, 0) is 26.0 Å². The number of carbonyl (C=O) groups is 1. The van der Waals surface area contributed by atoms with Gasteiger partial charge >= 0.3 is 0 Å². The van der Waals surface area contributed by atoms with Gasteiger partial charge in [0.1, 0.15) is 11.5 Å². The summed E-state index contributed by atoms with van der Waals surface area (Å²) < 4.78 is 7.26. The third kappa shape index (κ3) is 3.65. The summed E-state index contributed by atoms with van der Waals surface area (Å²) in [7, 11) is 0. The summed E-state index contributed by atoms with van der Waals surface area (Å²) in [6, 6.07) is 3.58. The molecule has 0 spiro atoms. The molecule has 0 aliphatic heterocycles. The van der Waals surface area contributed by atoms with Crippen molar-refractivity contribution in [1.29, 1.82) is 0 Å². The minimum atomic E-state index is -0.662. The van der Waals surface area contributed by atoms with Gasteiger partial charge in [-0.25, -0.2) is 4.98 Å². The van der Waals surface area contributed by atoms with Gasteiger partial charge in [-0.3, -0.25) is 9.20 Å². The number of nitrogens with zero attached hydrogens (tertiary/aromatic N) is 5. The van der Waals surface area contributed by atoms with E-state index in [1.54, 1.807) is 29.7 Å². The van der Waals surface area contributed by atoms with E-state index in [0.29, 0.717) is 29.4 Å². The van der Waals surface area contributed by atoms with Crippen LogP contribution in [0.4, 0.5) is 11.9 Å². The molecular weight excluding hydrogens is 350 g/mol. The van der Waals surface area contributed by atoms with Crippen LogP contribution in [0.2, 0.25) is 0 Å². The first-order chi connectivity index (χ1) is 12.9. The Morgan fingerprint density at radius 2 is 1.96 bits per heavy atom. The Labute approximate surface area is 155 Å². The molecule has 0 saturated carbocycles. The summed E-state index contributed by atoms with van der Waals surface area (Å²) in [6.45, 7) is 3.78. The van der Waals surface area contributed by atoms with Crippen molar-refractivity contribution >= 4 is 23.3 Å². The SMILES string of the molecule is CCOc1cccn2c(C(=O)CC(CO)c3nc(N)nc(N)n3)c(C)nc12. The summed E-state index contributed by atoms with van der Waals surface area (Å²) in [4.78, 5) is 29.1. The molecule has 0 radical (unpaired) electrons. The van der Waals surface area contributed by atoms with E-state index in [9.17, 15) is 9.90 Å². The quantitative estimate of drug-likeness (QED) is 0.510. The molecule has 0 aliphatic rings. The molecule has 0 bridgehead atoms. The Bertz CT molecular complexity index is 966. The second kappa shape index (κ2) is 7.54. The fraction of sp³-hybridized carbons (Fsp3) is 0.353. The average Bonchev–Trinajstić information content (AvgIpc) is 2.96. The molecule has 1 atom stereocenters. The number of hydrogen-bond acceptors (Lipinski definition) is 9. The number of nitrogens with two attached hydrogens (primary N) is 2. The van der Waals surface area contributed by atoms with E-state index in [2.05, 4.69) is 19.9 Å². The lowest BCUT2D eigenvalue weighted by atomic mass is 10.00. The second-order valence-electron chi connectivity index (χ2n) is 5.96. The van der Waals surface area contributed by atoms with Crippen LogP contribution in [0.15, 0.2) is 18.3 Å². The largest absolute Gasteiger partial charge is 0.490 e. The third-order valence-corrected chi connectivity index (χ3v) is 4.06. The molecule has 0 amide bonds. The van der Waals surface area contributed by atoms with Crippen molar-refractivity contribution in [1.82, 2.24) is 24.3 Å². The summed E-state index contributed by atoms with van der Waals surface area (Å²) in [6.07, 6.45) is 1.71. The zero-order valence-corrected chi connectivity index (χ0v) is 15.1. The number of rotatable bonds is 7. The van der Waals surface area contributed by atoms with Crippen LogP contribution < -0.4 is 16.2 Å². The van der Waals surface area contributed by atoms with Crippen molar-refractivity contribution in [3.63, 3.8) is 0 Å². The second-order valence-corrected chi connectivity index (χ2v) is 5.96. The Morgan fingerprint density at radius 1 is 1.26 bits per heavy atom. The Balaban J connectivity index is 1.95. The molecule has 5 N–H and O–H groups in total. The van der Waals surface area contributed by atoms with Gasteiger partial charge in [0, 0.05) is 18.5 Å². The number of carbonyl (C=O) groups excluding carboxylic acids is 1. The molecule has 3 rings (SSSR count). The Hall–Kier alpha value is -3.27. The summed E-state index contributed by atoms with van der Waals surface area (Å²) in [5, 5.41) is 9.73. The number of aryl methyl sites for hydroxylation is 1. The van der Waals surface area contributed by atoms with Gasteiger partial charge in [0.05, 0.1) is 18.9 Å². The van der Waals surface area contributed by atoms with Crippen LogP contribution in [0.3, 0.4) is 0 Å². The van der Waals surface area contributed by atoms with Crippen molar-refractivity contribution in [2.45, 2.75) is 26.2 Å². The predicted molar refractivity (Wildman–Crippen MR) is 98.5 cm³/mol. The first-order valence-electron chi connectivity index (χ1n) is 8.46. The average molecular weight is 371 g/mol. The molecule has 3 aromatic rings. The van der Waals surface area contributed by atoms with E-state index in [4.69, 9.17) is 16.2 Å². The molecule has 10 heteroatoms.